The number of para-hydroxylation sites is 4. The summed E-state index contributed by atoms with van der Waals surface area (Å²) >= 11 is 1.89. The van der Waals surface area contributed by atoms with Gasteiger partial charge in [0.1, 0.15) is 0 Å². The summed E-state index contributed by atoms with van der Waals surface area (Å²) in [4.78, 5) is 5.14. The number of anilines is 8. The van der Waals surface area contributed by atoms with Crippen molar-refractivity contribution in [3.63, 3.8) is 0 Å². The highest BCUT2D eigenvalue weighted by Gasteiger charge is 2.50. The fraction of sp³-hybridized carbons (Fsp3) is 0. The van der Waals surface area contributed by atoms with Gasteiger partial charge in [0.15, 0.2) is 0 Å². The van der Waals surface area contributed by atoms with Crippen LogP contribution in [0.3, 0.4) is 0 Å². The fourth-order valence-corrected chi connectivity index (χ4v) is 11.3. The van der Waals surface area contributed by atoms with Gasteiger partial charge in [-0.3, -0.25) is 0 Å². The van der Waals surface area contributed by atoms with Gasteiger partial charge in [0.25, 0.3) is 13.4 Å². The molecule has 0 saturated heterocycles. The van der Waals surface area contributed by atoms with Gasteiger partial charge in [-0.25, -0.2) is 0 Å². The molecule has 3 nitrogen and oxygen atoms in total. The third-order valence-corrected chi connectivity index (χ3v) is 13.4. The number of rotatable bonds is 2. The van der Waals surface area contributed by atoms with Crippen LogP contribution < -0.4 is 47.9 Å². The Kier molecular flexibility index (Phi) is 5.67. The number of benzene rings is 8. The summed E-state index contributed by atoms with van der Waals surface area (Å²) in [6, 6.07) is 63.3. The van der Waals surface area contributed by atoms with Crippen molar-refractivity contribution in [3.05, 3.63) is 170 Å². The molecule has 0 atom stereocenters. The first kappa shape index (κ1) is 29.0. The molecule has 9 aromatic rings. The second-order valence-electron chi connectivity index (χ2n) is 14.9. The summed E-state index contributed by atoms with van der Waals surface area (Å²) < 4.78 is 2.65. The molecule has 0 radical (unpaired) electrons. The van der Waals surface area contributed by atoms with Gasteiger partial charge in [0, 0.05) is 60.2 Å². The van der Waals surface area contributed by atoms with Crippen LogP contribution in [0.15, 0.2) is 170 Å². The molecule has 0 amide bonds. The molecule has 0 spiro atoms. The second kappa shape index (κ2) is 10.6. The predicted molar refractivity (Wildman–Crippen MR) is 233 cm³/mol. The number of hydrogen-bond acceptors (Lipinski definition) is 4. The first-order chi connectivity index (χ1) is 26.8. The van der Waals surface area contributed by atoms with E-state index in [2.05, 4.69) is 185 Å². The molecule has 8 aromatic carbocycles. The van der Waals surface area contributed by atoms with E-state index in [4.69, 9.17) is 0 Å². The molecule has 13 rings (SSSR count). The molecule has 1 N–H and O–H groups in total. The molecule has 0 fully saturated rings. The summed E-state index contributed by atoms with van der Waals surface area (Å²) in [5.41, 5.74) is 20.4. The highest BCUT2D eigenvalue weighted by molar-refractivity contribution is 7.26. The van der Waals surface area contributed by atoms with Crippen LogP contribution in [-0.2, 0) is 0 Å². The quantitative estimate of drug-likeness (QED) is 0.182. The summed E-state index contributed by atoms with van der Waals surface area (Å²) in [5, 5.41) is 6.75. The molecule has 6 heteroatoms. The zero-order valence-electron chi connectivity index (χ0n) is 29.1. The van der Waals surface area contributed by atoms with E-state index >= 15 is 0 Å². The minimum atomic E-state index is 0.0831. The highest BCUT2D eigenvalue weighted by atomic mass is 32.1. The van der Waals surface area contributed by atoms with E-state index in [1.165, 1.54) is 110 Å². The number of nitrogens with zero attached hydrogens (tertiary/aromatic N) is 2. The Morgan fingerprint density at radius 1 is 0.407 bits per heavy atom. The average molecular weight is 701 g/mol. The maximum Gasteiger partial charge on any atom is 0.252 e. The Balaban J connectivity index is 1.17. The molecular weight excluding hydrogens is 672 g/mol. The SMILES string of the molecule is c1ccc(-c2ccccc2N2c3ccccc3B3c4ccccc4N4c5ccccc5B5c6cc7c(cc6Nc6cc2c3c4c65)sc2ccccc27)cc1. The van der Waals surface area contributed by atoms with Crippen LogP contribution in [0.1, 0.15) is 0 Å². The van der Waals surface area contributed by atoms with Crippen LogP contribution in [-0.4, -0.2) is 13.4 Å². The molecule has 248 valence electrons. The maximum atomic E-state index is 4.08. The summed E-state index contributed by atoms with van der Waals surface area (Å²) in [6.45, 7) is 0.167. The van der Waals surface area contributed by atoms with Crippen LogP contribution in [0.25, 0.3) is 31.3 Å². The van der Waals surface area contributed by atoms with Crippen molar-refractivity contribution >= 4 is 123 Å². The molecule has 4 aliphatic rings. The number of nitrogens with one attached hydrogen (secondary N) is 1. The maximum absolute atomic E-state index is 4.08. The standard InChI is InChI=1S/C48H29B2N3S/c1-2-14-29(15-3-1)30-16-4-9-21-39(30)52-40-22-10-6-18-33(40)49-34-19-7-11-23-41(34)53-42-24-12-8-20-35(42)50-36-26-32-31-17-5-13-25-44(31)54-45(32)28-37(36)51-38-27-43(52)47(49)48(53)46(38)50/h1-28,51H. The van der Waals surface area contributed by atoms with Gasteiger partial charge in [-0.1, -0.05) is 127 Å². The number of thiophene rings is 1. The van der Waals surface area contributed by atoms with Gasteiger partial charge in [0.05, 0.1) is 5.69 Å². The highest BCUT2D eigenvalue weighted by Crippen LogP contribution is 2.49. The van der Waals surface area contributed by atoms with Crippen molar-refractivity contribution in [2.24, 2.45) is 0 Å². The Morgan fingerprint density at radius 3 is 1.74 bits per heavy atom. The van der Waals surface area contributed by atoms with Gasteiger partial charge < -0.3 is 15.1 Å². The third-order valence-electron chi connectivity index (χ3n) is 12.2. The van der Waals surface area contributed by atoms with Crippen molar-refractivity contribution < 1.29 is 0 Å². The second-order valence-corrected chi connectivity index (χ2v) is 16.0. The summed E-state index contributed by atoms with van der Waals surface area (Å²) in [5.74, 6) is 0. The molecule has 54 heavy (non-hydrogen) atoms. The predicted octanol–water partition coefficient (Wildman–Crippen LogP) is 8.69. The molecule has 0 aliphatic carbocycles. The normalized spacial score (nSPS) is 13.9. The lowest BCUT2D eigenvalue weighted by atomic mass is 9.29. The molecule has 4 aliphatic heterocycles. The van der Waals surface area contributed by atoms with Crippen molar-refractivity contribution in [1.29, 1.82) is 0 Å². The van der Waals surface area contributed by atoms with Crippen LogP contribution in [0.5, 0.6) is 0 Å². The first-order valence-corrected chi connectivity index (χ1v) is 19.6. The lowest BCUT2D eigenvalue weighted by molar-refractivity contribution is 1.26. The van der Waals surface area contributed by atoms with Crippen molar-refractivity contribution in [3.8, 4) is 11.1 Å². The van der Waals surface area contributed by atoms with Gasteiger partial charge in [0.2, 0.25) is 0 Å². The summed E-state index contributed by atoms with van der Waals surface area (Å²) in [6.07, 6.45) is 0. The van der Waals surface area contributed by atoms with Crippen LogP contribution >= 0.6 is 11.3 Å². The average Bonchev–Trinajstić information content (AvgIpc) is 3.60. The minimum absolute atomic E-state index is 0.0831. The van der Waals surface area contributed by atoms with Crippen molar-refractivity contribution in [1.82, 2.24) is 0 Å². The largest absolute Gasteiger partial charge is 0.356 e. The van der Waals surface area contributed by atoms with E-state index in [1.807, 2.05) is 11.3 Å². The molecule has 0 bridgehead atoms. The van der Waals surface area contributed by atoms with Crippen molar-refractivity contribution in [2.45, 2.75) is 0 Å². The van der Waals surface area contributed by atoms with Gasteiger partial charge >= 0.3 is 0 Å². The van der Waals surface area contributed by atoms with Gasteiger partial charge in [-0.2, -0.15) is 0 Å². The monoisotopic (exact) mass is 701 g/mol. The van der Waals surface area contributed by atoms with Crippen molar-refractivity contribution in [2.75, 3.05) is 15.1 Å². The zero-order valence-corrected chi connectivity index (χ0v) is 29.9. The lowest BCUT2D eigenvalue weighted by Crippen LogP contribution is -2.68. The number of hydrogen-bond donors (Lipinski definition) is 1. The van der Waals surface area contributed by atoms with Crippen LogP contribution in [0.4, 0.5) is 45.5 Å². The van der Waals surface area contributed by atoms with Crippen LogP contribution in [0, 0.1) is 0 Å². The van der Waals surface area contributed by atoms with E-state index < -0.39 is 0 Å². The van der Waals surface area contributed by atoms with Gasteiger partial charge in [-0.15, -0.1) is 11.3 Å². The smallest absolute Gasteiger partial charge is 0.252 e. The van der Waals surface area contributed by atoms with E-state index in [0.29, 0.717) is 0 Å². The first-order valence-electron chi connectivity index (χ1n) is 18.8. The van der Waals surface area contributed by atoms with Crippen LogP contribution in [0.2, 0.25) is 0 Å². The Bertz CT molecular complexity index is 3080. The lowest BCUT2D eigenvalue weighted by Gasteiger charge is -2.49. The zero-order chi connectivity index (χ0) is 35.1. The van der Waals surface area contributed by atoms with E-state index in [9.17, 15) is 0 Å². The number of fused-ring (bicyclic) bond motifs is 13. The molecule has 1 aromatic heterocycles. The summed E-state index contributed by atoms with van der Waals surface area (Å²) in [7, 11) is 0. The topological polar surface area (TPSA) is 18.5 Å². The molecule has 0 saturated carbocycles. The fourth-order valence-electron chi connectivity index (χ4n) is 10.1. The van der Waals surface area contributed by atoms with E-state index in [-0.39, 0.29) is 13.4 Å². The molecular formula is C48H29B2N3S. The minimum Gasteiger partial charge on any atom is -0.356 e. The Hall–Kier alpha value is -6.49. The molecule has 5 heterocycles. The van der Waals surface area contributed by atoms with E-state index in [0.717, 1.165) is 0 Å². The molecule has 0 unspecified atom stereocenters. The Labute approximate surface area is 317 Å². The van der Waals surface area contributed by atoms with Gasteiger partial charge in [-0.05, 0) is 86.2 Å². The Morgan fingerprint density at radius 2 is 1.00 bits per heavy atom. The third kappa shape index (κ3) is 3.68. The van der Waals surface area contributed by atoms with E-state index in [1.54, 1.807) is 0 Å².